The Morgan fingerprint density at radius 1 is 0.697 bits per heavy atom. The van der Waals surface area contributed by atoms with Gasteiger partial charge in [0.15, 0.2) is 0 Å². The van der Waals surface area contributed by atoms with E-state index in [4.69, 9.17) is 0 Å². The molecule has 2 aliphatic rings. The van der Waals surface area contributed by atoms with E-state index in [2.05, 4.69) is 103 Å². The van der Waals surface area contributed by atoms with Crippen LogP contribution in [0.15, 0.2) is 70.4 Å². The minimum Gasteiger partial charge on any atom is -0.0656 e. The molecule has 0 heterocycles. The van der Waals surface area contributed by atoms with Gasteiger partial charge in [0.05, 0.1) is 8.07 Å². The maximum atomic E-state index is 2.70. The van der Waals surface area contributed by atoms with Crippen molar-refractivity contribution in [2.45, 2.75) is 91.9 Å². The van der Waals surface area contributed by atoms with Gasteiger partial charge >= 0.3 is 0 Å². The van der Waals surface area contributed by atoms with E-state index < -0.39 is 16.1 Å². The largest absolute Gasteiger partial charge is 0.148 e. The molecule has 0 radical (unpaired) electrons. The van der Waals surface area contributed by atoms with Gasteiger partial charge in [-0.15, -0.1) is 0 Å². The van der Waals surface area contributed by atoms with Gasteiger partial charge in [0.25, 0.3) is 0 Å². The van der Waals surface area contributed by atoms with Crippen LogP contribution in [0.25, 0.3) is 0 Å². The van der Waals surface area contributed by atoms with Gasteiger partial charge in [-0.2, -0.15) is 0 Å². The van der Waals surface area contributed by atoms with Crippen molar-refractivity contribution in [1.29, 1.82) is 0 Å². The molecule has 4 rings (SSSR count). The van der Waals surface area contributed by atoms with E-state index >= 15 is 0 Å². The summed E-state index contributed by atoms with van der Waals surface area (Å²) in [5, 5.41) is 6.79. The van der Waals surface area contributed by atoms with E-state index in [1.807, 2.05) is 5.20 Å². The summed E-state index contributed by atoms with van der Waals surface area (Å²) in [6.45, 7) is 19.6. The quantitative estimate of drug-likeness (QED) is 0.401. The Morgan fingerprint density at radius 3 is 1.85 bits per heavy atom. The third kappa shape index (κ3) is 4.19. The maximum absolute atomic E-state index is 2.70. The summed E-state index contributed by atoms with van der Waals surface area (Å²) in [6.07, 6.45) is 6.97. The molecule has 2 aromatic rings. The SMILES string of the molecule is CC1=C(C)C(C)C([Si](c2ccccc2)(c2cc(C)cc([Si](C)(C)C)c2)C2CCCCC2)=C1C. The molecule has 2 heteroatoms. The Kier molecular flexibility index (Phi) is 6.81. The normalized spacial score (nSPS) is 22.1. The van der Waals surface area contributed by atoms with E-state index in [1.165, 1.54) is 37.7 Å². The first-order chi connectivity index (χ1) is 15.6. The van der Waals surface area contributed by atoms with Crippen LogP contribution in [0.5, 0.6) is 0 Å². The maximum Gasteiger partial charge on any atom is 0.148 e. The van der Waals surface area contributed by atoms with Gasteiger partial charge in [-0.25, -0.2) is 0 Å². The van der Waals surface area contributed by atoms with Crippen LogP contribution in [0.2, 0.25) is 25.2 Å². The Balaban J connectivity index is 2.12. The van der Waals surface area contributed by atoms with Crippen molar-refractivity contribution in [2.24, 2.45) is 5.92 Å². The van der Waals surface area contributed by atoms with Crippen LogP contribution in [0.3, 0.4) is 0 Å². The molecule has 0 spiro atoms. The average molecular weight is 473 g/mol. The summed E-state index contributed by atoms with van der Waals surface area (Å²) < 4.78 is 0. The zero-order valence-electron chi connectivity index (χ0n) is 22.3. The Hall–Kier alpha value is -1.65. The highest BCUT2D eigenvalue weighted by Crippen LogP contribution is 2.48. The zero-order valence-corrected chi connectivity index (χ0v) is 24.3. The van der Waals surface area contributed by atoms with Crippen molar-refractivity contribution in [3.05, 3.63) is 76.0 Å². The first-order valence-corrected chi connectivity index (χ1v) is 18.7. The summed E-state index contributed by atoms with van der Waals surface area (Å²) in [5.74, 6) is 0.551. The summed E-state index contributed by atoms with van der Waals surface area (Å²) >= 11 is 0. The lowest BCUT2D eigenvalue weighted by Crippen LogP contribution is -2.65. The minimum atomic E-state index is -2.20. The van der Waals surface area contributed by atoms with Gasteiger partial charge in [-0.05, 0) is 55.1 Å². The van der Waals surface area contributed by atoms with Gasteiger partial charge in [0, 0.05) is 0 Å². The van der Waals surface area contributed by atoms with Crippen molar-refractivity contribution in [3.63, 3.8) is 0 Å². The molecule has 0 saturated heterocycles. The highest BCUT2D eigenvalue weighted by atomic mass is 28.3. The fourth-order valence-corrected chi connectivity index (χ4v) is 15.1. The van der Waals surface area contributed by atoms with E-state index in [0.29, 0.717) is 5.92 Å². The molecule has 176 valence electrons. The van der Waals surface area contributed by atoms with Crippen LogP contribution in [0.1, 0.15) is 65.4 Å². The summed E-state index contributed by atoms with van der Waals surface area (Å²) in [4.78, 5) is 0. The molecular formula is C31H44Si2. The molecule has 2 unspecified atom stereocenters. The summed E-state index contributed by atoms with van der Waals surface area (Å²) in [7, 11) is -3.64. The Labute approximate surface area is 205 Å². The van der Waals surface area contributed by atoms with Crippen LogP contribution >= 0.6 is 0 Å². The number of hydrogen-bond donors (Lipinski definition) is 0. The van der Waals surface area contributed by atoms with Crippen molar-refractivity contribution in [3.8, 4) is 0 Å². The van der Waals surface area contributed by atoms with E-state index in [0.717, 1.165) is 5.54 Å². The van der Waals surface area contributed by atoms with Crippen LogP contribution in [-0.2, 0) is 0 Å². The van der Waals surface area contributed by atoms with Crippen molar-refractivity contribution >= 4 is 31.7 Å². The van der Waals surface area contributed by atoms with E-state index in [-0.39, 0.29) is 0 Å². The van der Waals surface area contributed by atoms with Gasteiger partial charge in [0.1, 0.15) is 8.07 Å². The fraction of sp³-hybridized carbons (Fsp3) is 0.484. The Bertz CT molecular complexity index is 1080. The number of rotatable bonds is 5. The monoisotopic (exact) mass is 472 g/mol. The standard InChI is InChI=1S/C31H44Si2/c1-22-19-29(32(6,7)8)21-30(20-22)33(27-15-11-9-12-16-27,28-17-13-10-14-18-28)31-25(4)23(2)24(3)26(31)5/h9,11-12,15-16,19-21,25,28H,10,13-14,17-18H2,1-8H3. The molecule has 2 aromatic carbocycles. The van der Waals surface area contributed by atoms with Crippen LogP contribution in [0, 0.1) is 12.8 Å². The lowest BCUT2D eigenvalue weighted by atomic mass is 10.00. The number of benzene rings is 2. The van der Waals surface area contributed by atoms with Gasteiger partial charge in [-0.1, -0.05) is 134 Å². The molecule has 0 N–H and O–H groups in total. The third-order valence-corrected chi connectivity index (χ3v) is 16.8. The first kappa shape index (κ1) is 24.5. The molecular weight excluding hydrogens is 429 g/mol. The first-order valence-electron chi connectivity index (χ1n) is 13.2. The van der Waals surface area contributed by atoms with Crippen molar-refractivity contribution in [1.82, 2.24) is 0 Å². The Morgan fingerprint density at radius 2 is 1.30 bits per heavy atom. The predicted octanol–water partition coefficient (Wildman–Crippen LogP) is 7.28. The number of hydrogen-bond acceptors (Lipinski definition) is 0. The number of aryl methyl sites for hydroxylation is 1. The third-order valence-electron chi connectivity index (χ3n) is 8.91. The lowest BCUT2D eigenvalue weighted by Gasteiger charge is -2.46. The number of allylic oxidation sites excluding steroid dienone is 4. The van der Waals surface area contributed by atoms with Crippen LogP contribution in [0.4, 0.5) is 0 Å². The second kappa shape index (κ2) is 9.19. The molecule has 0 amide bonds. The average Bonchev–Trinajstić information content (AvgIpc) is 2.98. The van der Waals surface area contributed by atoms with Crippen LogP contribution in [-0.4, -0.2) is 16.1 Å². The van der Waals surface area contributed by atoms with Gasteiger partial charge in [0.2, 0.25) is 0 Å². The molecule has 33 heavy (non-hydrogen) atoms. The second-order valence-electron chi connectivity index (χ2n) is 11.9. The molecule has 1 fully saturated rings. The zero-order chi connectivity index (χ0) is 24.0. The molecule has 1 saturated carbocycles. The minimum absolute atomic E-state index is 0.551. The smallest absolute Gasteiger partial charge is 0.0656 e. The summed E-state index contributed by atoms with van der Waals surface area (Å²) in [6, 6.07) is 19.6. The predicted molar refractivity (Wildman–Crippen MR) is 153 cm³/mol. The van der Waals surface area contributed by atoms with Crippen molar-refractivity contribution < 1.29 is 0 Å². The van der Waals surface area contributed by atoms with Crippen LogP contribution < -0.4 is 15.6 Å². The van der Waals surface area contributed by atoms with Gasteiger partial charge in [-0.3, -0.25) is 0 Å². The molecule has 0 bridgehead atoms. The molecule has 0 aromatic heterocycles. The highest BCUT2D eigenvalue weighted by molar-refractivity contribution is 7.09. The van der Waals surface area contributed by atoms with Gasteiger partial charge < -0.3 is 0 Å². The fourth-order valence-electron chi connectivity index (χ4n) is 6.85. The van der Waals surface area contributed by atoms with Crippen molar-refractivity contribution in [2.75, 3.05) is 0 Å². The van der Waals surface area contributed by atoms with E-state index in [1.54, 1.807) is 32.3 Å². The molecule has 2 aliphatic carbocycles. The summed E-state index contributed by atoms with van der Waals surface area (Å²) in [5.41, 5.74) is 7.01. The molecule has 2 atom stereocenters. The lowest BCUT2D eigenvalue weighted by molar-refractivity contribution is 0.494. The van der Waals surface area contributed by atoms with E-state index in [9.17, 15) is 0 Å². The topological polar surface area (TPSA) is 0 Å². The molecule has 0 aliphatic heterocycles. The highest BCUT2D eigenvalue weighted by Gasteiger charge is 2.51. The second-order valence-corrected chi connectivity index (χ2v) is 21.1. The molecule has 0 nitrogen and oxygen atoms in total.